The van der Waals surface area contributed by atoms with Crippen molar-refractivity contribution in [2.75, 3.05) is 26.4 Å². The Hall–Kier alpha value is -1.11. The third kappa shape index (κ3) is 5.53. The van der Waals surface area contributed by atoms with Crippen molar-refractivity contribution >= 4 is 24.1 Å². The largest absolute Gasteiger partial charge is 0.424 e. The van der Waals surface area contributed by atoms with Gasteiger partial charge in [-0.05, 0) is 20.8 Å². The first-order chi connectivity index (χ1) is 13.6. The normalized spacial score (nSPS) is 30.2. The predicted molar refractivity (Wildman–Crippen MR) is 98.1 cm³/mol. The lowest BCUT2D eigenvalue weighted by Gasteiger charge is -2.24. The summed E-state index contributed by atoms with van der Waals surface area (Å²) >= 11 is 5.83. The molecular formula is C15H24ClN4O8P. The highest BCUT2D eigenvalue weighted by Crippen LogP contribution is 2.54. The Labute approximate surface area is 172 Å². The van der Waals surface area contributed by atoms with E-state index in [9.17, 15) is 9.36 Å². The molecule has 1 aromatic heterocycles. The smallest absolute Gasteiger partial charge is 0.379 e. The van der Waals surface area contributed by atoms with Crippen molar-refractivity contribution in [2.24, 2.45) is 5.73 Å². The zero-order chi connectivity index (χ0) is 21.2. The summed E-state index contributed by atoms with van der Waals surface area (Å²) in [6.45, 7) is 2.08. The van der Waals surface area contributed by atoms with Gasteiger partial charge in [0.1, 0.15) is 24.6 Å². The number of carbonyl (C=O) groups is 1. The fraction of sp³-hybridized carbons (Fsp3) is 0.800. The second-order valence-corrected chi connectivity index (χ2v) is 9.42. The molecule has 3 heterocycles. The summed E-state index contributed by atoms with van der Waals surface area (Å²) in [6.07, 6.45) is -1.27. The second-order valence-electron chi connectivity index (χ2n) is 6.80. The van der Waals surface area contributed by atoms with E-state index in [1.165, 1.54) is 11.0 Å². The number of ether oxygens (including phenoxy) is 4. The van der Waals surface area contributed by atoms with Gasteiger partial charge >= 0.3 is 6.95 Å². The number of fused-ring (bicyclic) bond motifs is 1. The number of carbonyl (C=O) groups excluding carboxylic acids is 1. The van der Waals surface area contributed by atoms with Gasteiger partial charge in [0.25, 0.3) is 5.91 Å². The van der Waals surface area contributed by atoms with Gasteiger partial charge in [-0.1, -0.05) is 0 Å². The van der Waals surface area contributed by atoms with Crippen LogP contribution in [0.3, 0.4) is 0 Å². The van der Waals surface area contributed by atoms with Crippen LogP contribution in [-0.4, -0.2) is 71.2 Å². The van der Waals surface area contributed by atoms with E-state index in [4.69, 9.17) is 45.0 Å². The number of hydrogen-bond acceptors (Lipinski definition) is 10. The molecule has 2 aliphatic rings. The van der Waals surface area contributed by atoms with Gasteiger partial charge in [0.15, 0.2) is 12.0 Å². The maximum absolute atomic E-state index is 12.2. The Balaban J connectivity index is 1.66. The van der Waals surface area contributed by atoms with Gasteiger partial charge in [-0.2, -0.15) is 0 Å². The summed E-state index contributed by atoms with van der Waals surface area (Å²) in [4.78, 5) is 15.1. The number of primary amides is 1. The minimum atomic E-state index is -3.83. The van der Waals surface area contributed by atoms with Gasteiger partial charge in [-0.3, -0.25) is 13.8 Å². The average Bonchev–Trinajstić information content (AvgIpc) is 3.30. The van der Waals surface area contributed by atoms with Crippen LogP contribution < -0.4 is 5.73 Å². The highest BCUT2D eigenvalue weighted by atomic mass is 35.7. The summed E-state index contributed by atoms with van der Waals surface area (Å²) in [7, 11) is 0. The number of rotatable bonds is 10. The molecule has 2 saturated heterocycles. The first kappa shape index (κ1) is 22.6. The lowest BCUT2D eigenvalue weighted by atomic mass is 10.1. The molecule has 2 aliphatic heterocycles. The van der Waals surface area contributed by atoms with E-state index in [2.05, 4.69) is 10.1 Å². The quantitative estimate of drug-likeness (QED) is 0.404. The van der Waals surface area contributed by atoms with E-state index in [-0.39, 0.29) is 25.6 Å². The fourth-order valence-corrected chi connectivity index (χ4v) is 4.13. The Bertz CT molecular complexity index is 777. The van der Waals surface area contributed by atoms with Crippen molar-refractivity contribution in [3.63, 3.8) is 0 Å². The summed E-state index contributed by atoms with van der Waals surface area (Å²) in [5.74, 6) is -1.81. The molecule has 0 aliphatic carbocycles. The second kappa shape index (κ2) is 8.94. The number of aromatic nitrogens is 3. The van der Waals surface area contributed by atoms with Gasteiger partial charge in [0, 0.05) is 17.8 Å². The van der Waals surface area contributed by atoms with Crippen molar-refractivity contribution in [3.05, 3.63) is 12.2 Å². The van der Waals surface area contributed by atoms with Crippen molar-refractivity contribution in [2.45, 2.75) is 51.1 Å². The van der Waals surface area contributed by atoms with E-state index in [0.29, 0.717) is 6.61 Å². The molecule has 29 heavy (non-hydrogen) atoms. The van der Waals surface area contributed by atoms with Crippen LogP contribution in [0, 0.1) is 0 Å². The Morgan fingerprint density at radius 1 is 1.34 bits per heavy atom. The van der Waals surface area contributed by atoms with Gasteiger partial charge in [-0.15, -0.1) is 5.10 Å². The highest BCUT2D eigenvalue weighted by molar-refractivity contribution is 7.81. The minimum Gasteiger partial charge on any atom is -0.379 e. The lowest BCUT2D eigenvalue weighted by Crippen LogP contribution is -2.32. The zero-order valence-electron chi connectivity index (χ0n) is 16.2. The van der Waals surface area contributed by atoms with Crippen molar-refractivity contribution in [1.82, 2.24) is 14.8 Å². The summed E-state index contributed by atoms with van der Waals surface area (Å²) < 4.78 is 46.7. The monoisotopic (exact) mass is 454 g/mol. The van der Waals surface area contributed by atoms with Crippen molar-refractivity contribution in [1.29, 1.82) is 0 Å². The number of amides is 1. The molecule has 2 N–H and O–H groups in total. The number of nitrogens with two attached hydrogens (primary N) is 1. The topological polar surface area (TPSA) is 146 Å². The van der Waals surface area contributed by atoms with Crippen LogP contribution in [0.4, 0.5) is 0 Å². The average molecular weight is 455 g/mol. The third-order valence-corrected chi connectivity index (χ3v) is 5.72. The van der Waals surface area contributed by atoms with Crippen LogP contribution in [-0.2, 0) is 32.6 Å². The van der Waals surface area contributed by atoms with Gasteiger partial charge in [0.05, 0.1) is 19.8 Å². The van der Waals surface area contributed by atoms with E-state index >= 15 is 0 Å². The first-order valence-corrected chi connectivity index (χ1v) is 11.5. The molecule has 3 rings (SSSR count). The van der Waals surface area contributed by atoms with Gasteiger partial charge in [0.2, 0.25) is 5.82 Å². The Morgan fingerprint density at radius 3 is 2.72 bits per heavy atom. The molecule has 0 bridgehead atoms. The molecule has 12 nitrogen and oxygen atoms in total. The van der Waals surface area contributed by atoms with Gasteiger partial charge in [-0.25, -0.2) is 14.2 Å². The van der Waals surface area contributed by atoms with E-state index < -0.39 is 43.2 Å². The molecule has 2 unspecified atom stereocenters. The van der Waals surface area contributed by atoms with E-state index in [1.807, 2.05) is 6.92 Å². The molecule has 0 saturated carbocycles. The zero-order valence-corrected chi connectivity index (χ0v) is 17.9. The summed E-state index contributed by atoms with van der Waals surface area (Å²) in [6, 6.07) is 0. The molecule has 164 valence electrons. The van der Waals surface area contributed by atoms with E-state index in [1.54, 1.807) is 13.8 Å². The molecule has 1 aromatic rings. The SMILES string of the molecule is CCOCCOP(=O)(Cl)OC[C@H]1O[C@@H](n2cnc(C(N)=O)n2)C2OC(C)(C)O[C@H]21. The molecule has 5 atom stereocenters. The Morgan fingerprint density at radius 2 is 2.07 bits per heavy atom. The molecule has 14 heteroatoms. The standard InChI is InChI=1S/C15H24ClN4O8P/c1-4-23-5-6-24-29(16,22)25-7-9-10-11(28-15(2,3)27-10)14(26-9)20-8-18-13(19-20)12(17)21/h8-11,14H,4-7H2,1-3H3,(H2,17,21)/t9-,10+,11?,14-,29?/m1/s1. The van der Waals surface area contributed by atoms with Gasteiger partial charge < -0.3 is 24.7 Å². The van der Waals surface area contributed by atoms with Crippen LogP contribution in [0.2, 0.25) is 0 Å². The lowest BCUT2D eigenvalue weighted by molar-refractivity contribution is -0.200. The highest BCUT2D eigenvalue weighted by Gasteiger charge is 2.56. The number of hydrogen-bond donors (Lipinski definition) is 1. The van der Waals surface area contributed by atoms with Crippen molar-refractivity contribution in [3.8, 4) is 0 Å². The van der Waals surface area contributed by atoms with Crippen molar-refractivity contribution < 1.29 is 37.4 Å². The molecule has 0 radical (unpaired) electrons. The molecule has 0 aromatic carbocycles. The van der Waals surface area contributed by atoms with Crippen LogP contribution in [0.15, 0.2) is 6.33 Å². The molecule has 0 spiro atoms. The predicted octanol–water partition coefficient (Wildman–Crippen LogP) is 1.21. The van der Waals surface area contributed by atoms with Crippen LogP contribution >= 0.6 is 18.2 Å². The molecule has 2 fully saturated rings. The third-order valence-electron chi connectivity index (χ3n) is 4.19. The molecule has 1 amide bonds. The number of nitrogens with zero attached hydrogens (tertiary/aromatic N) is 3. The first-order valence-electron chi connectivity index (χ1n) is 9.00. The van der Waals surface area contributed by atoms with Crippen LogP contribution in [0.1, 0.15) is 37.6 Å². The molecular weight excluding hydrogens is 431 g/mol. The fourth-order valence-electron chi connectivity index (χ4n) is 3.07. The maximum Gasteiger partial charge on any atom is 0.424 e. The summed E-state index contributed by atoms with van der Waals surface area (Å²) in [5.41, 5.74) is 5.19. The summed E-state index contributed by atoms with van der Waals surface area (Å²) in [5, 5.41) is 4.01. The van der Waals surface area contributed by atoms with E-state index in [0.717, 1.165) is 0 Å². The maximum atomic E-state index is 12.2. The minimum absolute atomic E-state index is 0.0241. The number of halogens is 1. The van der Waals surface area contributed by atoms with Crippen LogP contribution in [0.5, 0.6) is 0 Å². The van der Waals surface area contributed by atoms with Crippen LogP contribution in [0.25, 0.3) is 0 Å². The Kier molecular flexibility index (Phi) is 6.96.